The van der Waals surface area contributed by atoms with E-state index in [4.69, 9.17) is 4.74 Å². The van der Waals surface area contributed by atoms with Crippen LogP contribution in [0.2, 0.25) is 0 Å². The Bertz CT molecular complexity index is 462. The van der Waals surface area contributed by atoms with E-state index in [9.17, 15) is 9.90 Å². The number of likely N-dealkylation sites (tertiary alicyclic amines) is 1. The molecule has 0 unspecified atom stereocenters. The van der Waals surface area contributed by atoms with E-state index in [1.807, 2.05) is 42.2 Å². The van der Waals surface area contributed by atoms with E-state index in [1.54, 1.807) is 6.92 Å². The molecule has 1 fully saturated rings. The predicted molar refractivity (Wildman–Crippen MR) is 81.7 cm³/mol. The number of ether oxygens (including phenoxy) is 1. The minimum atomic E-state index is -0.453. The number of aliphatic hydroxyl groups excluding tert-OH is 1. The van der Waals surface area contributed by atoms with Crippen molar-refractivity contribution in [2.45, 2.75) is 39.4 Å². The first-order valence-electron chi connectivity index (χ1n) is 7.59. The number of benzene rings is 1. The van der Waals surface area contributed by atoms with Gasteiger partial charge in [0.1, 0.15) is 6.10 Å². The third-order valence-corrected chi connectivity index (χ3v) is 4.16. The summed E-state index contributed by atoms with van der Waals surface area (Å²) in [6.45, 7) is 5.77. The molecule has 116 valence electrons. The van der Waals surface area contributed by atoms with Crippen LogP contribution in [-0.2, 0) is 16.1 Å². The lowest BCUT2D eigenvalue weighted by Crippen LogP contribution is -2.49. The second-order valence-corrected chi connectivity index (χ2v) is 6.27. The van der Waals surface area contributed by atoms with Crippen molar-refractivity contribution in [3.05, 3.63) is 35.9 Å². The van der Waals surface area contributed by atoms with Crippen LogP contribution in [0.4, 0.5) is 0 Å². The zero-order valence-electron chi connectivity index (χ0n) is 12.9. The topological polar surface area (TPSA) is 49.8 Å². The number of amides is 1. The van der Waals surface area contributed by atoms with Crippen LogP contribution in [0.25, 0.3) is 0 Å². The molecule has 1 aliphatic rings. The summed E-state index contributed by atoms with van der Waals surface area (Å²) in [4.78, 5) is 14.3. The SMILES string of the molecule is C[C@H](OCc1ccccc1)C(=O)N1CCC[C@](C)(CO)C1. The Morgan fingerprint density at radius 2 is 2.14 bits per heavy atom. The van der Waals surface area contributed by atoms with Gasteiger partial charge in [0.25, 0.3) is 5.91 Å². The fourth-order valence-electron chi connectivity index (χ4n) is 2.76. The van der Waals surface area contributed by atoms with E-state index in [1.165, 1.54) is 0 Å². The molecule has 0 radical (unpaired) electrons. The number of hydrogen-bond acceptors (Lipinski definition) is 3. The molecule has 2 rings (SSSR count). The van der Waals surface area contributed by atoms with Gasteiger partial charge in [-0.15, -0.1) is 0 Å². The Kier molecular flexibility index (Phi) is 5.37. The monoisotopic (exact) mass is 291 g/mol. The summed E-state index contributed by atoms with van der Waals surface area (Å²) in [6.07, 6.45) is 1.45. The minimum absolute atomic E-state index is 0.0188. The average Bonchev–Trinajstić information content (AvgIpc) is 2.53. The number of carbonyl (C=O) groups is 1. The fraction of sp³-hybridized carbons (Fsp3) is 0.588. The molecule has 21 heavy (non-hydrogen) atoms. The van der Waals surface area contributed by atoms with Crippen molar-refractivity contribution in [1.82, 2.24) is 4.90 Å². The van der Waals surface area contributed by atoms with Crippen molar-refractivity contribution >= 4 is 5.91 Å². The highest BCUT2D eigenvalue weighted by Gasteiger charge is 2.34. The van der Waals surface area contributed by atoms with Crippen LogP contribution in [-0.4, -0.2) is 41.7 Å². The lowest BCUT2D eigenvalue weighted by atomic mass is 9.82. The summed E-state index contributed by atoms with van der Waals surface area (Å²) in [5.41, 5.74) is 0.892. The Labute approximate surface area is 126 Å². The maximum Gasteiger partial charge on any atom is 0.251 e. The third kappa shape index (κ3) is 4.29. The number of carbonyl (C=O) groups excluding carboxylic acids is 1. The van der Waals surface area contributed by atoms with Gasteiger partial charge >= 0.3 is 0 Å². The van der Waals surface area contributed by atoms with E-state index in [-0.39, 0.29) is 17.9 Å². The quantitative estimate of drug-likeness (QED) is 0.905. The molecule has 1 amide bonds. The molecule has 1 aromatic rings. The van der Waals surface area contributed by atoms with Crippen LogP contribution in [0.5, 0.6) is 0 Å². The molecule has 1 N–H and O–H groups in total. The summed E-state index contributed by atoms with van der Waals surface area (Å²) in [7, 11) is 0. The Balaban J connectivity index is 1.87. The summed E-state index contributed by atoms with van der Waals surface area (Å²) in [5.74, 6) is 0.0188. The van der Waals surface area contributed by atoms with Gasteiger partial charge in [-0.3, -0.25) is 4.79 Å². The number of piperidine rings is 1. The van der Waals surface area contributed by atoms with Gasteiger partial charge in [-0.2, -0.15) is 0 Å². The van der Waals surface area contributed by atoms with Crippen molar-refractivity contribution < 1.29 is 14.6 Å². The van der Waals surface area contributed by atoms with Crippen molar-refractivity contribution in [1.29, 1.82) is 0 Å². The number of nitrogens with zero attached hydrogens (tertiary/aromatic N) is 1. The second-order valence-electron chi connectivity index (χ2n) is 6.27. The summed E-state index contributed by atoms with van der Waals surface area (Å²) >= 11 is 0. The lowest BCUT2D eigenvalue weighted by Gasteiger charge is -2.40. The molecule has 1 heterocycles. The molecule has 0 saturated carbocycles. The number of rotatable bonds is 5. The van der Waals surface area contributed by atoms with Crippen LogP contribution in [0, 0.1) is 5.41 Å². The maximum absolute atomic E-state index is 12.4. The van der Waals surface area contributed by atoms with Crippen LogP contribution in [0.1, 0.15) is 32.3 Å². The van der Waals surface area contributed by atoms with Crippen LogP contribution in [0.15, 0.2) is 30.3 Å². The maximum atomic E-state index is 12.4. The molecule has 0 aromatic heterocycles. The first-order chi connectivity index (χ1) is 10.0. The minimum Gasteiger partial charge on any atom is -0.396 e. The highest BCUT2D eigenvalue weighted by molar-refractivity contribution is 5.80. The predicted octanol–water partition coefficient (Wildman–Crippen LogP) is 2.21. The average molecular weight is 291 g/mol. The summed E-state index contributed by atoms with van der Waals surface area (Å²) in [5, 5.41) is 9.47. The van der Waals surface area contributed by atoms with E-state index in [0.717, 1.165) is 24.9 Å². The van der Waals surface area contributed by atoms with Crippen molar-refractivity contribution in [2.24, 2.45) is 5.41 Å². The molecule has 1 aliphatic heterocycles. The third-order valence-electron chi connectivity index (χ3n) is 4.16. The van der Waals surface area contributed by atoms with E-state index >= 15 is 0 Å². The molecule has 4 heteroatoms. The second kappa shape index (κ2) is 7.05. The first-order valence-corrected chi connectivity index (χ1v) is 7.59. The molecule has 1 saturated heterocycles. The van der Waals surface area contributed by atoms with Gasteiger partial charge < -0.3 is 14.7 Å². The normalized spacial score (nSPS) is 23.9. The molecule has 0 spiro atoms. The van der Waals surface area contributed by atoms with Crippen LogP contribution < -0.4 is 0 Å². The van der Waals surface area contributed by atoms with E-state index in [2.05, 4.69) is 0 Å². The molecular weight excluding hydrogens is 266 g/mol. The van der Waals surface area contributed by atoms with Gasteiger partial charge in [0.15, 0.2) is 0 Å². The van der Waals surface area contributed by atoms with Crippen LogP contribution in [0.3, 0.4) is 0 Å². The Morgan fingerprint density at radius 3 is 2.81 bits per heavy atom. The Hall–Kier alpha value is -1.39. The highest BCUT2D eigenvalue weighted by Crippen LogP contribution is 2.29. The highest BCUT2D eigenvalue weighted by atomic mass is 16.5. The molecule has 2 atom stereocenters. The van der Waals surface area contributed by atoms with E-state index in [0.29, 0.717) is 13.2 Å². The zero-order chi connectivity index (χ0) is 15.3. The molecule has 0 bridgehead atoms. The van der Waals surface area contributed by atoms with Gasteiger partial charge in [-0.25, -0.2) is 0 Å². The lowest BCUT2D eigenvalue weighted by molar-refractivity contribution is -0.147. The first kappa shape index (κ1) is 16.0. The smallest absolute Gasteiger partial charge is 0.251 e. The van der Waals surface area contributed by atoms with Gasteiger partial charge in [0.05, 0.1) is 13.2 Å². The van der Waals surface area contributed by atoms with E-state index < -0.39 is 6.10 Å². The number of aliphatic hydroxyl groups is 1. The largest absolute Gasteiger partial charge is 0.396 e. The van der Waals surface area contributed by atoms with Gasteiger partial charge in [-0.05, 0) is 25.3 Å². The van der Waals surface area contributed by atoms with Gasteiger partial charge in [0.2, 0.25) is 0 Å². The molecular formula is C17H25NO3. The Morgan fingerprint density at radius 1 is 1.43 bits per heavy atom. The molecule has 1 aromatic carbocycles. The van der Waals surface area contributed by atoms with Gasteiger partial charge in [-0.1, -0.05) is 37.3 Å². The standard InChI is InChI=1S/C17H25NO3/c1-14(21-11-15-7-4-3-5-8-15)16(20)18-10-6-9-17(2,12-18)13-19/h3-5,7-8,14,19H,6,9-13H2,1-2H3/t14-,17-/m0/s1. The fourth-order valence-corrected chi connectivity index (χ4v) is 2.76. The molecule has 4 nitrogen and oxygen atoms in total. The summed E-state index contributed by atoms with van der Waals surface area (Å²) < 4.78 is 5.69. The number of hydrogen-bond donors (Lipinski definition) is 1. The summed E-state index contributed by atoms with van der Waals surface area (Å²) in [6, 6.07) is 9.86. The van der Waals surface area contributed by atoms with Crippen molar-refractivity contribution in [3.63, 3.8) is 0 Å². The zero-order valence-corrected chi connectivity index (χ0v) is 12.9. The molecule has 0 aliphatic carbocycles. The van der Waals surface area contributed by atoms with Crippen molar-refractivity contribution in [3.8, 4) is 0 Å². The van der Waals surface area contributed by atoms with Crippen molar-refractivity contribution in [2.75, 3.05) is 19.7 Å². The van der Waals surface area contributed by atoms with Gasteiger partial charge in [0, 0.05) is 18.5 Å². The van der Waals surface area contributed by atoms with Crippen LogP contribution >= 0.6 is 0 Å².